The van der Waals surface area contributed by atoms with E-state index in [4.69, 9.17) is 9.53 Å². The Bertz CT molecular complexity index is 82.2. The summed E-state index contributed by atoms with van der Waals surface area (Å²) in [5.74, 6) is 0. The van der Waals surface area contributed by atoms with E-state index in [1.807, 2.05) is 13.7 Å². The number of hydrogen-bond acceptors (Lipinski definition) is 3. The first-order valence-corrected chi connectivity index (χ1v) is 4.03. The van der Waals surface area contributed by atoms with Gasteiger partial charge in [-0.1, -0.05) is 0 Å². The minimum atomic E-state index is 0.643. The van der Waals surface area contributed by atoms with Crippen molar-refractivity contribution in [3.8, 4) is 0 Å². The lowest BCUT2D eigenvalue weighted by atomic mass is 10.2. The maximum absolute atomic E-state index is 8.00. The summed E-state index contributed by atoms with van der Waals surface area (Å²) in [6.07, 6.45) is 2.61. The fourth-order valence-corrected chi connectivity index (χ4v) is 1.16. The van der Waals surface area contributed by atoms with Crippen molar-refractivity contribution in [1.82, 2.24) is 5.32 Å². The largest absolute Gasteiger partial charge is 0.380 e. The van der Waals surface area contributed by atoms with Gasteiger partial charge in [0.1, 0.15) is 6.79 Å². The smallest absolute Gasteiger partial charge is 0.106 e. The predicted molar refractivity (Wildman–Crippen MR) is 44.6 cm³/mol. The predicted octanol–water partition coefficient (Wildman–Crippen LogP) is 0.590. The third-order valence-electron chi connectivity index (χ3n) is 1.69. The summed E-state index contributed by atoms with van der Waals surface area (Å²) >= 11 is 0. The van der Waals surface area contributed by atoms with Crippen molar-refractivity contribution in [2.24, 2.45) is 0 Å². The van der Waals surface area contributed by atoms with Gasteiger partial charge in [-0.3, -0.25) is 0 Å². The molecule has 0 amide bonds. The van der Waals surface area contributed by atoms with Crippen molar-refractivity contribution in [3.05, 3.63) is 0 Å². The van der Waals surface area contributed by atoms with Crippen molar-refractivity contribution in [2.45, 2.75) is 25.8 Å². The standard InChI is InChI=1S/C7H15NO.CH2O/c1-2-9-6-7-4-3-5-8-7;1-2/h7-8H,2-6H2,1H3;1H2/t7-;/m0./s1. The zero-order chi connectivity index (χ0) is 8.53. The first-order valence-electron chi connectivity index (χ1n) is 4.03. The highest BCUT2D eigenvalue weighted by molar-refractivity contribution is 5.10. The second-order valence-corrected chi connectivity index (χ2v) is 2.45. The first-order chi connectivity index (χ1) is 5.43. The second-order valence-electron chi connectivity index (χ2n) is 2.45. The van der Waals surface area contributed by atoms with E-state index < -0.39 is 0 Å². The number of nitrogens with one attached hydrogen (secondary N) is 1. The van der Waals surface area contributed by atoms with Gasteiger partial charge in [-0.25, -0.2) is 0 Å². The van der Waals surface area contributed by atoms with Gasteiger partial charge in [-0.2, -0.15) is 0 Å². The SMILES string of the molecule is C=O.CCOC[C@@H]1CCCN1. The van der Waals surface area contributed by atoms with Crippen LogP contribution in [0.25, 0.3) is 0 Å². The number of hydrogen-bond donors (Lipinski definition) is 1. The van der Waals surface area contributed by atoms with Crippen LogP contribution in [0.15, 0.2) is 0 Å². The Labute approximate surface area is 68.1 Å². The minimum Gasteiger partial charge on any atom is -0.380 e. The summed E-state index contributed by atoms with van der Waals surface area (Å²) in [6.45, 7) is 6.96. The Balaban J connectivity index is 0.000000461. The molecular weight excluding hydrogens is 142 g/mol. The van der Waals surface area contributed by atoms with E-state index in [-0.39, 0.29) is 0 Å². The quantitative estimate of drug-likeness (QED) is 0.655. The van der Waals surface area contributed by atoms with E-state index in [1.54, 1.807) is 0 Å². The molecule has 0 radical (unpaired) electrons. The fourth-order valence-electron chi connectivity index (χ4n) is 1.16. The summed E-state index contributed by atoms with van der Waals surface area (Å²) in [7, 11) is 0. The molecule has 3 nitrogen and oxygen atoms in total. The zero-order valence-electron chi connectivity index (χ0n) is 7.14. The van der Waals surface area contributed by atoms with E-state index in [0.717, 1.165) is 13.2 Å². The lowest BCUT2D eigenvalue weighted by molar-refractivity contribution is -0.0979. The summed E-state index contributed by atoms with van der Waals surface area (Å²) in [4.78, 5) is 8.00. The number of carbonyl (C=O) groups is 1. The Morgan fingerprint density at radius 3 is 2.82 bits per heavy atom. The van der Waals surface area contributed by atoms with E-state index in [9.17, 15) is 0 Å². The van der Waals surface area contributed by atoms with Crippen LogP contribution in [0.2, 0.25) is 0 Å². The molecule has 0 spiro atoms. The molecule has 0 aromatic heterocycles. The van der Waals surface area contributed by atoms with Crippen LogP contribution >= 0.6 is 0 Å². The molecule has 1 saturated heterocycles. The average molecular weight is 159 g/mol. The van der Waals surface area contributed by atoms with Crippen molar-refractivity contribution in [2.75, 3.05) is 19.8 Å². The Hall–Kier alpha value is -0.410. The van der Waals surface area contributed by atoms with Gasteiger partial charge >= 0.3 is 0 Å². The highest BCUT2D eigenvalue weighted by Crippen LogP contribution is 2.04. The van der Waals surface area contributed by atoms with Crippen LogP contribution < -0.4 is 5.32 Å². The molecule has 3 heteroatoms. The molecule has 0 aromatic rings. The molecule has 1 rings (SSSR count). The van der Waals surface area contributed by atoms with E-state index >= 15 is 0 Å². The van der Waals surface area contributed by atoms with Gasteiger partial charge in [-0.05, 0) is 26.3 Å². The van der Waals surface area contributed by atoms with Crippen LogP contribution in [0.1, 0.15) is 19.8 Å². The van der Waals surface area contributed by atoms with Crippen molar-refractivity contribution >= 4 is 6.79 Å². The van der Waals surface area contributed by atoms with Crippen molar-refractivity contribution < 1.29 is 9.53 Å². The van der Waals surface area contributed by atoms with E-state index in [2.05, 4.69) is 5.32 Å². The highest BCUT2D eigenvalue weighted by atomic mass is 16.5. The second kappa shape index (κ2) is 7.69. The van der Waals surface area contributed by atoms with Crippen LogP contribution in [-0.4, -0.2) is 32.6 Å². The van der Waals surface area contributed by atoms with Crippen LogP contribution in [0.4, 0.5) is 0 Å². The molecule has 1 aliphatic rings. The average Bonchev–Trinajstić information content (AvgIpc) is 2.57. The Morgan fingerprint density at radius 1 is 1.64 bits per heavy atom. The molecule has 1 fully saturated rings. The lowest BCUT2D eigenvalue weighted by Crippen LogP contribution is -2.26. The van der Waals surface area contributed by atoms with Crippen LogP contribution in [0, 0.1) is 0 Å². The molecule has 11 heavy (non-hydrogen) atoms. The molecule has 66 valence electrons. The molecule has 1 atom stereocenters. The molecule has 0 aliphatic carbocycles. The molecule has 0 unspecified atom stereocenters. The zero-order valence-corrected chi connectivity index (χ0v) is 7.14. The molecular formula is C8H17NO2. The monoisotopic (exact) mass is 159 g/mol. The number of carbonyl (C=O) groups excluding carboxylic acids is 1. The maximum Gasteiger partial charge on any atom is 0.106 e. The van der Waals surface area contributed by atoms with Gasteiger partial charge in [0.15, 0.2) is 0 Å². The molecule has 1 heterocycles. The number of rotatable bonds is 3. The molecule has 0 saturated carbocycles. The lowest BCUT2D eigenvalue weighted by Gasteiger charge is -2.08. The summed E-state index contributed by atoms with van der Waals surface area (Å²) in [5, 5.41) is 3.37. The molecule has 1 N–H and O–H groups in total. The van der Waals surface area contributed by atoms with Crippen molar-refractivity contribution in [1.29, 1.82) is 0 Å². The van der Waals surface area contributed by atoms with Gasteiger partial charge in [0.2, 0.25) is 0 Å². The third kappa shape index (κ3) is 4.93. The van der Waals surface area contributed by atoms with Crippen molar-refractivity contribution in [3.63, 3.8) is 0 Å². The Morgan fingerprint density at radius 2 is 2.36 bits per heavy atom. The van der Waals surface area contributed by atoms with Crippen LogP contribution in [-0.2, 0) is 9.53 Å². The highest BCUT2D eigenvalue weighted by Gasteiger charge is 2.12. The topological polar surface area (TPSA) is 38.3 Å². The van der Waals surface area contributed by atoms with Crippen LogP contribution in [0.5, 0.6) is 0 Å². The molecule has 0 aromatic carbocycles. The van der Waals surface area contributed by atoms with Gasteiger partial charge in [0.25, 0.3) is 0 Å². The third-order valence-corrected chi connectivity index (χ3v) is 1.69. The van der Waals surface area contributed by atoms with Gasteiger partial charge in [0, 0.05) is 12.6 Å². The number of ether oxygens (including phenoxy) is 1. The maximum atomic E-state index is 8.00. The fraction of sp³-hybridized carbons (Fsp3) is 0.875. The summed E-state index contributed by atoms with van der Waals surface area (Å²) in [6, 6.07) is 0.643. The molecule has 0 bridgehead atoms. The first kappa shape index (κ1) is 10.6. The van der Waals surface area contributed by atoms with Gasteiger partial charge in [-0.15, -0.1) is 0 Å². The Kier molecular flexibility index (Phi) is 7.41. The van der Waals surface area contributed by atoms with Gasteiger partial charge < -0.3 is 14.8 Å². The summed E-state index contributed by atoms with van der Waals surface area (Å²) < 4.78 is 5.25. The van der Waals surface area contributed by atoms with E-state index in [0.29, 0.717) is 6.04 Å². The minimum absolute atomic E-state index is 0.643. The van der Waals surface area contributed by atoms with Gasteiger partial charge in [0.05, 0.1) is 6.61 Å². The van der Waals surface area contributed by atoms with Crippen LogP contribution in [0.3, 0.4) is 0 Å². The van der Waals surface area contributed by atoms with E-state index in [1.165, 1.54) is 19.4 Å². The molecule has 1 aliphatic heterocycles. The summed E-state index contributed by atoms with van der Waals surface area (Å²) in [5.41, 5.74) is 0. The normalized spacial score (nSPS) is 22.5.